The molecule has 0 aromatic heterocycles. The van der Waals surface area contributed by atoms with Gasteiger partial charge in [-0.15, -0.1) is 0 Å². The van der Waals surface area contributed by atoms with Crippen molar-refractivity contribution in [1.82, 2.24) is 0 Å². The molecule has 1 unspecified atom stereocenters. The van der Waals surface area contributed by atoms with E-state index in [0.29, 0.717) is 5.92 Å². The number of hydrogen-bond donors (Lipinski definition) is 0. The molecule has 0 aliphatic heterocycles. The number of anilines is 5. The van der Waals surface area contributed by atoms with E-state index in [1.165, 1.54) is 27.8 Å². The van der Waals surface area contributed by atoms with E-state index in [-0.39, 0.29) is 0 Å². The number of allylic oxidation sites excluding steroid dienone is 14. The van der Waals surface area contributed by atoms with E-state index in [1.807, 2.05) is 25.2 Å². The van der Waals surface area contributed by atoms with Crippen LogP contribution in [-0.2, 0) is 0 Å². The maximum Gasteiger partial charge on any atom is 0.0462 e. The van der Waals surface area contributed by atoms with Crippen molar-refractivity contribution in [2.24, 2.45) is 0 Å². The first-order valence-electron chi connectivity index (χ1n) is 22.1. The molecule has 0 saturated carbocycles. The summed E-state index contributed by atoms with van der Waals surface area (Å²) in [5, 5.41) is 0. The lowest BCUT2D eigenvalue weighted by atomic mass is 9.92. The summed E-state index contributed by atoms with van der Waals surface area (Å²) < 4.78 is 0. The van der Waals surface area contributed by atoms with Crippen LogP contribution >= 0.6 is 0 Å². The van der Waals surface area contributed by atoms with Gasteiger partial charge in [0, 0.05) is 40.1 Å². The highest BCUT2D eigenvalue weighted by Gasteiger charge is 2.17. The van der Waals surface area contributed by atoms with E-state index in [2.05, 4.69) is 266 Å². The quantitative estimate of drug-likeness (QED) is 0.0950. The predicted octanol–water partition coefficient (Wildman–Crippen LogP) is 17.6. The average molecular weight is 827 g/mol. The van der Waals surface area contributed by atoms with Crippen LogP contribution in [0.5, 0.6) is 0 Å². The maximum absolute atomic E-state index is 3.90. The largest absolute Gasteiger partial charge is 0.311 e. The van der Waals surface area contributed by atoms with Gasteiger partial charge in [-0.05, 0) is 138 Å². The van der Waals surface area contributed by atoms with E-state index < -0.39 is 0 Å². The smallest absolute Gasteiger partial charge is 0.0462 e. The summed E-state index contributed by atoms with van der Waals surface area (Å²) in [6.07, 6.45) is 28.4. The second-order valence-corrected chi connectivity index (χ2v) is 15.7. The topological polar surface area (TPSA) is 6.48 Å². The first-order valence-corrected chi connectivity index (χ1v) is 22.1. The normalized spacial score (nSPS) is 14.1. The van der Waals surface area contributed by atoms with Gasteiger partial charge in [0.15, 0.2) is 0 Å². The van der Waals surface area contributed by atoms with Gasteiger partial charge in [-0.25, -0.2) is 0 Å². The molecule has 7 aromatic rings. The molecule has 0 saturated heterocycles. The van der Waals surface area contributed by atoms with Gasteiger partial charge in [-0.1, -0.05) is 195 Å². The van der Waals surface area contributed by atoms with Crippen LogP contribution in [-0.4, -0.2) is 0 Å². The molecule has 312 valence electrons. The Morgan fingerprint density at radius 1 is 0.469 bits per heavy atom. The Labute approximate surface area is 380 Å². The molecule has 0 fully saturated rings. The second kappa shape index (κ2) is 21.2. The molecular formula is C62H54N2. The highest BCUT2D eigenvalue weighted by molar-refractivity contribution is 5.81. The van der Waals surface area contributed by atoms with Crippen molar-refractivity contribution in [1.29, 1.82) is 0 Å². The lowest BCUT2D eigenvalue weighted by Crippen LogP contribution is -2.15. The van der Waals surface area contributed by atoms with Crippen molar-refractivity contribution in [2.75, 3.05) is 9.80 Å². The summed E-state index contributed by atoms with van der Waals surface area (Å²) in [6, 6.07) is 65.7. The van der Waals surface area contributed by atoms with Crippen LogP contribution in [0.2, 0.25) is 0 Å². The third kappa shape index (κ3) is 10.4. The van der Waals surface area contributed by atoms with Gasteiger partial charge in [0.05, 0.1) is 0 Å². The van der Waals surface area contributed by atoms with Crippen LogP contribution < -0.4 is 9.80 Å². The standard InChI is InChI=1S/C62H54N2/c1-4-17-48(18-5-2)20-16-27-57(19-6-3)63(58-38-28-52(29-39-58)49-21-10-7-11-22-49)59-44-34-55(35-45-59)56-36-46-62(47-37-56)64(60-40-30-53(31-41-60)50-23-12-8-13-24-50)61-42-32-54(33-43-61)51-25-14-9-15-26-51/h4-25,27-47,51H,1,26H2,2-3H3/b18-5-,19-6-,20-16+,48-17+,57-27+. The van der Waals surface area contributed by atoms with Crippen molar-refractivity contribution >= 4 is 28.4 Å². The molecule has 1 atom stereocenters. The molecule has 0 spiro atoms. The van der Waals surface area contributed by atoms with Gasteiger partial charge >= 0.3 is 0 Å². The van der Waals surface area contributed by atoms with Crippen LogP contribution in [0.1, 0.15) is 31.7 Å². The van der Waals surface area contributed by atoms with Crippen molar-refractivity contribution in [3.05, 3.63) is 284 Å². The molecule has 0 heterocycles. The van der Waals surface area contributed by atoms with Crippen molar-refractivity contribution in [3.8, 4) is 33.4 Å². The first-order chi connectivity index (χ1) is 31.6. The predicted molar refractivity (Wildman–Crippen MR) is 277 cm³/mol. The molecule has 7 aromatic carbocycles. The zero-order chi connectivity index (χ0) is 43.9. The molecule has 2 nitrogen and oxygen atoms in total. The molecule has 64 heavy (non-hydrogen) atoms. The van der Waals surface area contributed by atoms with E-state index in [4.69, 9.17) is 0 Å². The molecule has 0 radical (unpaired) electrons. The Kier molecular flexibility index (Phi) is 14.2. The van der Waals surface area contributed by atoms with Crippen LogP contribution in [0.3, 0.4) is 0 Å². The first kappa shape index (κ1) is 42.7. The number of hydrogen-bond acceptors (Lipinski definition) is 2. The van der Waals surface area contributed by atoms with E-state index in [9.17, 15) is 0 Å². The molecule has 0 N–H and O–H groups in total. The summed E-state index contributed by atoms with van der Waals surface area (Å²) in [6.45, 7) is 7.99. The molecular weight excluding hydrogens is 773 g/mol. The summed E-state index contributed by atoms with van der Waals surface area (Å²) >= 11 is 0. The Bertz CT molecular complexity index is 2820. The zero-order valence-corrected chi connectivity index (χ0v) is 36.7. The van der Waals surface area contributed by atoms with E-state index >= 15 is 0 Å². The fourth-order valence-corrected chi connectivity index (χ4v) is 8.19. The summed E-state index contributed by atoms with van der Waals surface area (Å²) in [5.41, 5.74) is 16.0. The van der Waals surface area contributed by atoms with Crippen molar-refractivity contribution in [2.45, 2.75) is 26.2 Å². The lowest BCUT2D eigenvalue weighted by molar-refractivity contribution is 0.854. The van der Waals surface area contributed by atoms with Gasteiger partial charge in [-0.3, -0.25) is 0 Å². The van der Waals surface area contributed by atoms with Gasteiger partial charge in [0.2, 0.25) is 0 Å². The molecule has 2 heteroatoms. The zero-order valence-electron chi connectivity index (χ0n) is 36.7. The van der Waals surface area contributed by atoms with Gasteiger partial charge in [0.25, 0.3) is 0 Å². The van der Waals surface area contributed by atoms with Crippen molar-refractivity contribution in [3.63, 3.8) is 0 Å². The number of benzene rings is 7. The highest BCUT2D eigenvalue weighted by atomic mass is 15.1. The third-order valence-corrected chi connectivity index (χ3v) is 11.4. The summed E-state index contributed by atoms with van der Waals surface area (Å²) in [7, 11) is 0. The summed E-state index contributed by atoms with van der Waals surface area (Å²) in [5.74, 6) is 0.402. The highest BCUT2D eigenvalue weighted by Crippen LogP contribution is 2.39. The fourth-order valence-electron chi connectivity index (χ4n) is 8.19. The van der Waals surface area contributed by atoms with Crippen LogP contribution in [0.25, 0.3) is 33.4 Å². The maximum atomic E-state index is 3.90. The molecule has 8 rings (SSSR count). The van der Waals surface area contributed by atoms with Crippen LogP contribution in [0.4, 0.5) is 28.4 Å². The average Bonchev–Trinajstić information content (AvgIpc) is 3.36. The lowest BCUT2D eigenvalue weighted by Gasteiger charge is -2.27. The van der Waals surface area contributed by atoms with Crippen LogP contribution in [0.15, 0.2) is 279 Å². The number of rotatable bonds is 15. The number of nitrogens with zero attached hydrogens (tertiary/aromatic N) is 2. The third-order valence-electron chi connectivity index (χ3n) is 11.4. The van der Waals surface area contributed by atoms with E-state index in [0.717, 1.165) is 57.3 Å². The molecule has 0 bridgehead atoms. The molecule has 1 aliphatic carbocycles. The molecule has 1 aliphatic rings. The molecule has 0 amide bonds. The Hall–Kier alpha value is -7.94. The Morgan fingerprint density at radius 2 is 0.906 bits per heavy atom. The fraction of sp³-hybridized carbons (Fsp3) is 0.0645. The van der Waals surface area contributed by atoms with Crippen molar-refractivity contribution < 1.29 is 0 Å². The van der Waals surface area contributed by atoms with Crippen LogP contribution in [0, 0.1) is 0 Å². The minimum atomic E-state index is 0.402. The second-order valence-electron chi connectivity index (χ2n) is 15.7. The SMILES string of the molecule is C=C/C=C(\C=C/C)/C=C/C=C(\C=C/C)N(c1ccc(-c2ccccc2)cc1)c1ccc(-c2ccc(N(c3ccc(-c4ccccc4)cc3)c3ccc(C4C=CC=CC4)cc3)cc2)cc1. The van der Waals surface area contributed by atoms with E-state index in [1.54, 1.807) is 0 Å². The Balaban J connectivity index is 1.11. The summed E-state index contributed by atoms with van der Waals surface area (Å²) in [4.78, 5) is 4.66. The minimum absolute atomic E-state index is 0.402. The monoisotopic (exact) mass is 826 g/mol. The Morgan fingerprint density at radius 3 is 1.33 bits per heavy atom. The van der Waals surface area contributed by atoms with Gasteiger partial charge < -0.3 is 9.80 Å². The van der Waals surface area contributed by atoms with Gasteiger partial charge in [0.1, 0.15) is 0 Å². The minimum Gasteiger partial charge on any atom is -0.311 e. The van der Waals surface area contributed by atoms with Gasteiger partial charge in [-0.2, -0.15) is 0 Å².